The number of aromatic amines is 1. The molecule has 5 rings (SSSR count). The number of pyridine rings is 1. The van der Waals surface area contributed by atoms with Gasteiger partial charge < -0.3 is 15.0 Å². The lowest BCUT2D eigenvalue weighted by molar-refractivity contribution is 0.323. The number of fused-ring (bicyclic) bond motifs is 1. The predicted octanol–water partition coefficient (Wildman–Crippen LogP) is 4.27. The summed E-state index contributed by atoms with van der Waals surface area (Å²) < 4.78 is 6.38. The van der Waals surface area contributed by atoms with Crippen molar-refractivity contribution in [3.05, 3.63) is 71.7 Å². The lowest BCUT2D eigenvalue weighted by atomic mass is 9.97. The van der Waals surface area contributed by atoms with Crippen LogP contribution in [0.25, 0.3) is 21.9 Å². The van der Waals surface area contributed by atoms with Crippen molar-refractivity contribution in [1.82, 2.24) is 20.5 Å². The number of hydrogen-bond donors (Lipinski definition) is 2. The van der Waals surface area contributed by atoms with Crippen LogP contribution in [0.15, 0.2) is 54.7 Å². The number of ether oxygens (including phenoxy) is 1. The molecule has 6 heteroatoms. The average Bonchev–Trinajstić information content (AvgIpc) is 3.16. The number of H-pyrrole nitrogens is 1. The molecule has 0 unspecified atom stereocenters. The highest BCUT2D eigenvalue weighted by Crippen LogP contribution is 2.38. The summed E-state index contributed by atoms with van der Waals surface area (Å²) in [7, 11) is 0. The van der Waals surface area contributed by atoms with Gasteiger partial charge in [-0.15, -0.1) is 0 Å². The van der Waals surface area contributed by atoms with Crippen molar-refractivity contribution in [3.8, 4) is 16.9 Å². The van der Waals surface area contributed by atoms with Gasteiger partial charge in [0, 0.05) is 50.1 Å². The number of hydrogen-bond acceptors (Lipinski definition) is 5. The normalized spacial score (nSPS) is 14.1. The highest BCUT2D eigenvalue weighted by atomic mass is 16.5. The fourth-order valence-electron chi connectivity index (χ4n) is 4.52. The number of nitrogens with one attached hydrogen (secondary N) is 2. The molecule has 1 fully saturated rings. The van der Waals surface area contributed by atoms with Crippen molar-refractivity contribution in [1.29, 1.82) is 0 Å². The molecule has 0 spiro atoms. The molecule has 6 nitrogen and oxygen atoms in total. The van der Waals surface area contributed by atoms with E-state index in [1.54, 1.807) is 0 Å². The highest BCUT2D eigenvalue weighted by molar-refractivity contribution is 6.00. The summed E-state index contributed by atoms with van der Waals surface area (Å²) in [5.41, 5.74) is 5.65. The Hall–Kier alpha value is -3.38. The lowest BCUT2D eigenvalue weighted by Crippen LogP contribution is -2.43. The van der Waals surface area contributed by atoms with Crippen molar-refractivity contribution >= 4 is 16.6 Å². The summed E-state index contributed by atoms with van der Waals surface area (Å²) in [6, 6.07) is 17.0. The molecule has 2 N–H and O–H groups in total. The van der Waals surface area contributed by atoms with Gasteiger partial charge in [0.1, 0.15) is 11.6 Å². The van der Waals surface area contributed by atoms with Crippen molar-refractivity contribution < 1.29 is 4.74 Å². The van der Waals surface area contributed by atoms with Crippen molar-refractivity contribution in [2.45, 2.75) is 20.3 Å². The zero-order chi connectivity index (χ0) is 21.9. The lowest BCUT2D eigenvalue weighted by Gasteiger charge is -2.28. The molecule has 0 atom stereocenters. The number of benzene rings is 2. The molecule has 1 aliphatic heterocycles. The molecule has 3 heterocycles. The van der Waals surface area contributed by atoms with Crippen LogP contribution < -0.4 is 15.0 Å². The summed E-state index contributed by atoms with van der Waals surface area (Å²) in [4.78, 5) is 7.00. The first-order chi connectivity index (χ1) is 15.7. The van der Waals surface area contributed by atoms with E-state index < -0.39 is 0 Å². The van der Waals surface area contributed by atoms with Crippen molar-refractivity contribution in [3.63, 3.8) is 0 Å². The molecular weight excluding hydrogens is 398 g/mol. The Balaban J connectivity index is 1.50. The average molecular weight is 428 g/mol. The quantitative estimate of drug-likeness (QED) is 0.481. The first-order valence-corrected chi connectivity index (χ1v) is 11.3. The molecule has 32 heavy (non-hydrogen) atoms. The Morgan fingerprint density at radius 3 is 2.69 bits per heavy atom. The summed E-state index contributed by atoms with van der Waals surface area (Å²) in [6.07, 6.45) is 2.74. The fourth-order valence-corrected chi connectivity index (χ4v) is 4.52. The van der Waals surface area contributed by atoms with Gasteiger partial charge in [-0.3, -0.25) is 5.10 Å². The van der Waals surface area contributed by atoms with Crippen LogP contribution in [0.2, 0.25) is 0 Å². The second kappa shape index (κ2) is 9.01. The van der Waals surface area contributed by atoms with Gasteiger partial charge in [0.05, 0.1) is 12.3 Å². The van der Waals surface area contributed by atoms with Gasteiger partial charge in [-0.05, 0) is 53.9 Å². The van der Waals surface area contributed by atoms with Crippen LogP contribution in [0, 0.1) is 13.8 Å². The van der Waals surface area contributed by atoms with E-state index in [1.807, 2.05) is 13.1 Å². The van der Waals surface area contributed by atoms with Gasteiger partial charge in [0.15, 0.2) is 0 Å². The van der Waals surface area contributed by atoms with Crippen molar-refractivity contribution in [2.24, 2.45) is 0 Å². The third-order valence-electron chi connectivity index (χ3n) is 6.26. The minimum absolute atomic E-state index is 0.599. The third kappa shape index (κ3) is 4.06. The van der Waals surface area contributed by atoms with Crippen LogP contribution in [0.4, 0.5) is 5.82 Å². The molecular formula is C26H29N5O. The van der Waals surface area contributed by atoms with Crippen molar-refractivity contribution in [2.75, 3.05) is 37.7 Å². The molecule has 0 bridgehead atoms. The maximum absolute atomic E-state index is 6.38. The first-order valence-electron chi connectivity index (χ1n) is 11.3. The Morgan fingerprint density at radius 1 is 1.03 bits per heavy atom. The molecule has 1 aliphatic rings. The molecule has 0 saturated carbocycles. The van der Waals surface area contributed by atoms with Gasteiger partial charge >= 0.3 is 0 Å². The van der Waals surface area contributed by atoms with Gasteiger partial charge in [-0.25, -0.2) is 4.98 Å². The SMILES string of the molecule is Cc1n[nH]c(C)c1CCOc1ccc2ccccc2c1-c1ccnc(N2CCNCC2)c1. The maximum Gasteiger partial charge on any atom is 0.129 e. The number of rotatable bonds is 6. The predicted molar refractivity (Wildman–Crippen MR) is 130 cm³/mol. The zero-order valence-electron chi connectivity index (χ0n) is 18.7. The summed E-state index contributed by atoms with van der Waals surface area (Å²) >= 11 is 0. The summed E-state index contributed by atoms with van der Waals surface area (Å²) in [5.74, 6) is 1.92. The second-order valence-electron chi connectivity index (χ2n) is 8.31. The summed E-state index contributed by atoms with van der Waals surface area (Å²) in [6.45, 7) is 8.61. The number of aryl methyl sites for hydroxylation is 2. The second-order valence-corrected chi connectivity index (χ2v) is 8.31. The van der Waals surface area contributed by atoms with Gasteiger partial charge in [0.25, 0.3) is 0 Å². The van der Waals surface area contributed by atoms with E-state index in [4.69, 9.17) is 4.74 Å². The van der Waals surface area contributed by atoms with E-state index in [-0.39, 0.29) is 0 Å². The number of aromatic nitrogens is 3. The smallest absolute Gasteiger partial charge is 0.129 e. The van der Waals surface area contributed by atoms with Crippen LogP contribution >= 0.6 is 0 Å². The zero-order valence-corrected chi connectivity index (χ0v) is 18.7. The van der Waals surface area contributed by atoms with Gasteiger partial charge in [-0.2, -0.15) is 5.10 Å². The molecule has 164 valence electrons. The van der Waals surface area contributed by atoms with Crippen LogP contribution in [0.5, 0.6) is 5.75 Å². The van der Waals surface area contributed by atoms with Crippen LogP contribution in [-0.2, 0) is 6.42 Å². The molecule has 0 amide bonds. The van der Waals surface area contributed by atoms with Crippen LogP contribution in [0.3, 0.4) is 0 Å². The number of anilines is 1. The topological polar surface area (TPSA) is 66.1 Å². The Labute approximate surface area is 188 Å². The largest absolute Gasteiger partial charge is 0.493 e. The van der Waals surface area contributed by atoms with E-state index >= 15 is 0 Å². The Kier molecular flexibility index (Phi) is 5.77. The van der Waals surface area contributed by atoms with E-state index in [0.29, 0.717) is 6.61 Å². The fraction of sp³-hybridized carbons (Fsp3) is 0.308. The first kappa shape index (κ1) is 20.5. The standard InChI is InChI=1S/C26H29N5O/c1-18-22(19(2)30-29-18)10-16-32-24-8-7-20-5-3-4-6-23(20)26(24)21-9-11-28-25(17-21)31-14-12-27-13-15-31/h3-9,11,17,27H,10,12-16H2,1-2H3,(H,29,30). The minimum atomic E-state index is 0.599. The van der Waals surface area contributed by atoms with E-state index in [0.717, 1.165) is 66.7 Å². The van der Waals surface area contributed by atoms with E-state index in [1.165, 1.54) is 16.3 Å². The molecule has 2 aromatic carbocycles. The monoisotopic (exact) mass is 427 g/mol. The summed E-state index contributed by atoms with van der Waals surface area (Å²) in [5, 5.41) is 13.2. The van der Waals surface area contributed by atoms with E-state index in [2.05, 4.69) is 80.9 Å². The molecule has 2 aromatic heterocycles. The van der Waals surface area contributed by atoms with Crippen LogP contribution in [0.1, 0.15) is 17.0 Å². The van der Waals surface area contributed by atoms with Crippen LogP contribution in [-0.4, -0.2) is 48.0 Å². The molecule has 1 saturated heterocycles. The Bertz CT molecular complexity index is 1210. The van der Waals surface area contributed by atoms with E-state index in [9.17, 15) is 0 Å². The van der Waals surface area contributed by atoms with Gasteiger partial charge in [0.2, 0.25) is 0 Å². The number of piperazine rings is 1. The highest BCUT2D eigenvalue weighted by Gasteiger charge is 2.16. The maximum atomic E-state index is 6.38. The number of nitrogens with zero attached hydrogens (tertiary/aromatic N) is 3. The third-order valence-corrected chi connectivity index (χ3v) is 6.26. The Morgan fingerprint density at radius 2 is 1.88 bits per heavy atom. The molecule has 4 aromatic rings. The molecule has 0 aliphatic carbocycles. The minimum Gasteiger partial charge on any atom is -0.493 e. The van der Waals surface area contributed by atoms with Gasteiger partial charge in [-0.1, -0.05) is 30.3 Å². The molecule has 0 radical (unpaired) electrons.